The number of rotatable bonds is 8. The van der Waals surface area contributed by atoms with Crippen molar-refractivity contribution in [3.05, 3.63) is 53.1 Å². The van der Waals surface area contributed by atoms with E-state index in [4.69, 9.17) is 18.9 Å². The lowest BCUT2D eigenvalue weighted by atomic mass is 10.1. The summed E-state index contributed by atoms with van der Waals surface area (Å²) in [5, 5.41) is 2.69. The summed E-state index contributed by atoms with van der Waals surface area (Å²) >= 11 is 0. The van der Waals surface area contributed by atoms with E-state index >= 15 is 0 Å². The van der Waals surface area contributed by atoms with Crippen LogP contribution in [0.25, 0.3) is 6.08 Å². The average molecular weight is 399 g/mol. The lowest BCUT2D eigenvalue weighted by Gasteiger charge is -2.12. The van der Waals surface area contributed by atoms with Crippen molar-refractivity contribution in [1.82, 2.24) is 0 Å². The molecule has 7 nitrogen and oxygen atoms in total. The zero-order valence-corrected chi connectivity index (χ0v) is 17.2. The summed E-state index contributed by atoms with van der Waals surface area (Å²) in [6.07, 6.45) is 2.76. The molecule has 2 aromatic rings. The van der Waals surface area contributed by atoms with Gasteiger partial charge in [0.2, 0.25) is 5.75 Å². The Bertz CT molecular complexity index is 895. The average Bonchev–Trinajstić information content (AvgIpc) is 2.72. The Hall–Kier alpha value is -3.48. The fourth-order valence-electron chi connectivity index (χ4n) is 2.56. The van der Waals surface area contributed by atoms with E-state index in [1.165, 1.54) is 33.5 Å². The Kier molecular flexibility index (Phi) is 7.65. The Labute approximate surface area is 170 Å². The molecular weight excluding hydrogens is 374 g/mol. The zero-order chi connectivity index (χ0) is 21.4. The van der Waals surface area contributed by atoms with Gasteiger partial charge in [-0.3, -0.25) is 4.79 Å². The smallest absolute Gasteiger partial charge is 0.331 e. The van der Waals surface area contributed by atoms with Gasteiger partial charge in [-0.15, -0.1) is 0 Å². The minimum absolute atomic E-state index is 0.384. The molecule has 0 radical (unpaired) electrons. The Morgan fingerprint density at radius 3 is 2.14 bits per heavy atom. The Morgan fingerprint density at radius 2 is 1.59 bits per heavy atom. The van der Waals surface area contributed by atoms with Crippen molar-refractivity contribution in [3.8, 4) is 17.2 Å². The number of ether oxygens (including phenoxy) is 4. The lowest BCUT2D eigenvalue weighted by Crippen LogP contribution is -2.20. The van der Waals surface area contributed by atoms with Crippen LogP contribution in [0.4, 0.5) is 5.69 Å². The maximum absolute atomic E-state index is 12.0. The van der Waals surface area contributed by atoms with Crippen LogP contribution in [0.3, 0.4) is 0 Å². The van der Waals surface area contributed by atoms with Gasteiger partial charge in [-0.2, -0.15) is 0 Å². The van der Waals surface area contributed by atoms with Gasteiger partial charge in [-0.1, -0.05) is 6.07 Å². The molecule has 0 aliphatic heterocycles. The molecule has 29 heavy (non-hydrogen) atoms. The molecule has 0 aromatic heterocycles. The van der Waals surface area contributed by atoms with Crippen LogP contribution < -0.4 is 19.5 Å². The van der Waals surface area contributed by atoms with E-state index in [1.54, 1.807) is 18.2 Å². The largest absolute Gasteiger partial charge is 0.493 e. The van der Waals surface area contributed by atoms with Crippen LogP contribution in [-0.4, -0.2) is 39.8 Å². The highest BCUT2D eigenvalue weighted by Gasteiger charge is 2.12. The number of hydrogen-bond donors (Lipinski definition) is 1. The molecule has 0 fully saturated rings. The fourth-order valence-corrected chi connectivity index (χ4v) is 2.56. The minimum atomic E-state index is -0.644. The second kappa shape index (κ2) is 10.2. The van der Waals surface area contributed by atoms with E-state index in [9.17, 15) is 9.59 Å². The predicted molar refractivity (Wildman–Crippen MR) is 111 cm³/mol. The molecule has 0 spiro atoms. The second-order valence-corrected chi connectivity index (χ2v) is 6.25. The van der Waals surface area contributed by atoms with E-state index in [2.05, 4.69) is 5.32 Å². The van der Waals surface area contributed by atoms with E-state index < -0.39 is 11.9 Å². The summed E-state index contributed by atoms with van der Waals surface area (Å²) < 4.78 is 20.8. The first-order chi connectivity index (χ1) is 13.9. The summed E-state index contributed by atoms with van der Waals surface area (Å²) in [7, 11) is 4.52. The number of anilines is 1. The molecule has 1 N–H and O–H groups in total. The third-order valence-electron chi connectivity index (χ3n) is 4.24. The number of hydrogen-bond acceptors (Lipinski definition) is 6. The van der Waals surface area contributed by atoms with Crippen molar-refractivity contribution in [3.63, 3.8) is 0 Å². The molecule has 0 unspecified atom stereocenters. The van der Waals surface area contributed by atoms with Gasteiger partial charge in [0.15, 0.2) is 18.1 Å². The molecule has 1 amide bonds. The Balaban J connectivity index is 1.95. The second-order valence-electron chi connectivity index (χ2n) is 6.25. The van der Waals surface area contributed by atoms with E-state index in [0.29, 0.717) is 28.5 Å². The molecule has 0 saturated heterocycles. The van der Waals surface area contributed by atoms with Crippen molar-refractivity contribution in [2.24, 2.45) is 0 Å². The van der Waals surface area contributed by atoms with Crippen molar-refractivity contribution in [2.45, 2.75) is 13.8 Å². The van der Waals surface area contributed by atoms with Crippen molar-refractivity contribution >= 4 is 23.6 Å². The van der Waals surface area contributed by atoms with Gasteiger partial charge in [0.25, 0.3) is 5.91 Å². The topological polar surface area (TPSA) is 83.1 Å². The van der Waals surface area contributed by atoms with Gasteiger partial charge in [0, 0.05) is 11.8 Å². The van der Waals surface area contributed by atoms with Crippen molar-refractivity contribution < 1.29 is 28.5 Å². The molecule has 2 rings (SSSR count). The number of esters is 1. The van der Waals surface area contributed by atoms with Gasteiger partial charge in [0.05, 0.1) is 21.3 Å². The number of aryl methyl sites for hydroxylation is 2. The third-order valence-corrected chi connectivity index (χ3v) is 4.24. The lowest BCUT2D eigenvalue weighted by molar-refractivity contribution is -0.142. The number of benzene rings is 2. The normalized spacial score (nSPS) is 10.5. The number of amides is 1. The van der Waals surface area contributed by atoms with Crippen LogP contribution in [-0.2, 0) is 14.3 Å². The minimum Gasteiger partial charge on any atom is -0.493 e. The first-order valence-corrected chi connectivity index (χ1v) is 8.90. The first-order valence-electron chi connectivity index (χ1n) is 8.90. The monoisotopic (exact) mass is 399 g/mol. The van der Waals surface area contributed by atoms with Crippen LogP contribution in [0.5, 0.6) is 17.2 Å². The van der Waals surface area contributed by atoms with E-state index in [0.717, 1.165) is 11.1 Å². The molecular formula is C22H25NO6. The molecule has 0 aliphatic rings. The highest BCUT2D eigenvalue weighted by molar-refractivity contribution is 5.94. The number of nitrogens with one attached hydrogen (secondary N) is 1. The van der Waals surface area contributed by atoms with Gasteiger partial charge in [0.1, 0.15) is 0 Å². The van der Waals surface area contributed by atoms with Crippen LogP contribution in [0, 0.1) is 13.8 Å². The SMILES string of the molecule is COc1cc(/C=C/C(=O)OCC(=O)Nc2ccc(C)c(C)c2)cc(OC)c1OC. The molecule has 7 heteroatoms. The summed E-state index contributed by atoms with van der Waals surface area (Å²) in [5.74, 6) is 0.329. The van der Waals surface area contributed by atoms with E-state index in [1.807, 2.05) is 26.0 Å². The van der Waals surface area contributed by atoms with Gasteiger partial charge in [-0.05, 0) is 60.9 Å². The van der Waals surface area contributed by atoms with E-state index in [-0.39, 0.29) is 6.61 Å². The van der Waals surface area contributed by atoms with Crippen LogP contribution in [0.1, 0.15) is 16.7 Å². The van der Waals surface area contributed by atoms with Crippen LogP contribution in [0.2, 0.25) is 0 Å². The molecule has 0 saturated carbocycles. The van der Waals surface area contributed by atoms with Gasteiger partial charge >= 0.3 is 5.97 Å². The first kappa shape index (κ1) is 21.8. The summed E-state index contributed by atoms with van der Waals surface area (Å²) in [5.41, 5.74) is 3.50. The molecule has 2 aromatic carbocycles. The summed E-state index contributed by atoms with van der Waals surface area (Å²) in [4.78, 5) is 23.9. The molecule has 154 valence electrons. The maximum atomic E-state index is 12.0. The van der Waals surface area contributed by atoms with Crippen molar-refractivity contribution in [2.75, 3.05) is 33.3 Å². The highest BCUT2D eigenvalue weighted by Crippen LogP contribution is 2.38. The summed E-state index contributed by atoms with van der Waals surface area (Å²) in [6.45, 7) is 3.56. The van der Waals surface area contributed by atoms with Crippen molar-refractivity contribution in [1.29, 1.82) is 0 Å². The number of carbonyl (C=O) groups is 2. The van der Waals surface area contributed by atoms with Crippen LogP contribution in [0.15, 0.2) is 36.4 Å². The number of methoxy groups -OCH3 is 3. The standard InChI is InChI=1S/C22H25NO6/c1-14-6-8-17(10-15(14)2)23-20(24)13-29-21(25)9-7-16-11-18(26-3)22(28-5)19(12-16)27-4/h6-12H,13H2,1-5H3,(H,23,24)/b9-7+. The number of carbonyl (C=O) groups excluding carboxylic acids is 2. The Morgan fingerprint density at radius 1 is 0.931 bits per heavy atom. The molecule has 0 atom stereocenters. The third kappa shape index (κ3) is 6.00. The highest BCUT2D eigenvalue weighted by atomic mass is 16.5. The zero-order valence-electron chi connectivity index (χ0n) is 17.2. The maximum Gasteiger partial charge on any atom is 0.331 e. The van der Waals surface area contributed by atoms with Gasteiger partial charge < -0.3 is 24.3 Å². The fraction of sp³-hybridized carbons (Fsp3) is 0.273. The van der Waals surface area contributed by atoms with Gasteiger partial charge in [-0.25, -0.2) is 4.79 Å². The molecule has 0 aliphatic carbocycles. The summed E-state index contributed by atoms with van der Waals surface area (Å²) in [6, 6.07) is 8.96. The molecule has 0 bridgehead atoms. The predicted octanol–water partition coefficient (Wildman–Crippen LogP) is 3.52. The molecule has 0 heterocycles. The van der Waals surface area contributed by atoms with Crippen LogP contribution >= 0.6 is 0 Å². The quantitative estimate of drug-likeness (QED) is 0.540.